The van der Waals surface area contributed by atoms with Crippen molar-refractivity contribution in [2.24, 2.45) is 0 Å². The van der Waals surface area contributed by atoms with Crippen molar-refractivity contribution < 1.29 is 0 Å². The molecule has 0 fully saturated rings. The largest absolute Gasteiger partial charge is 0.264 e. The third kappa shape index (κ3) is 14.7. The van der Waals surface area contributed by atoms with Crippen molar-refractivity contribution in [3.05, 3.63) is 491 Å². The lowest BCUT2D eigenvalue weighted by Gasteiger charge is -2.22. The van der Waals surface area contributed by atoms with Crippen LogP contribution < -0.4 is 0 Å². The van der Waals surface area contributed by atoms with Crippen LogP contribution in [0.15, 0.2) is 474 Å². The molecule has 0 spiro atoms. The van der Waals surface area contributed by atoms with Gasteiger partial charge in [-0.05, 0) is 175 Å². The molecule has 9 aromatic heterocycles. The van der Waals surface area contributed by atoms with Crippen molar-refractivity contribution in [2.45, 2.75) is 19.3 Å². The zero-order chi connectivity index (χ0) is 98.9. The Labute approximate surface area is 856 Å². The molecular weight excluding hydrogens is 1810 g/mol. The number of nitrogens with zero attached hydrogens (tertiary/aromatic N) is 12. The molecule has 9 heterocycles. The molecule has 29 aromatic rings. The summed E-state index contributed by atoms with van der Waals surface area (Å²) in [5.41, 5.74) is 28.8. The van der Waals surface area contributed by atoms with Gasteiger partial charge in [-0.15, -0.1) is 0 Å². The lowest BCUT2D eigenvalue weighted by atomic mass is 9.81. The molecule has 0 saturated carbocycles. The molecule has 20 aromatic carbocycles. The Morgan fingerprint density at radius 1 is 0.195 bits per heavy atom. The van der Waals surface area contributed by atoms with E-state index >= 15 is 0 Å². The van der Waals surface area contributed by atoms with E-state index in [0.717, 1.165) is 214 Å². The predicted octanol–water partition coefficient (Wildman–Crippen LogP) is 34.6. The third-order valence-electron chi connectivity index (χ3n) is 30.0. The van der Waals surface area contributed by atoms with Crippen LogP contribution >= 0.6 is 0 Å². The lowest BCUT2D eigenvalue weighted by Crippen LogP contribution is -2.15. The summed E-state index contributed by atoms with van der Waals surface area (Å²) in [5, 5.41) is 36.8. The van der Waals surface area contributed by atoms with Crippen molar-refractivity contribution in [3.63, 3.8) is 0 Å². The highest BCUT2D eigenvalue weighted by Crippen LogP contribution is 2.53. The van der Waals surface area contributed by atoms with E-state index in [4.69, 9.17) is 44.9 Å². The first-order chi connectivity index (χ1) is 73.6. The summed E-state index contributed by atoms with van der Waals surface area (Å²) in [4.78, 5) is 55.7. The lowest BCUT2D eigenvalue weighted by molar-refractivity contribution is 0.660. The van der Waals surface area contributed by atoms with Gasteiger partial charge in [0.15, 0.2) is 17.5 Å². The maximum absolute atomic E-state index is 9.59. The summed E-state index contributed by atoms with van der Waals surface area (Å²) in [7, 11) is 0. The summed E-state index contributed by atoms with van der Waals surface area (Å²) in [5.74, 6) is 1.89. The Kier molecular flexibility index (Phi) is 20.7. The average Bonchev–Trinajstić information content (AvgIpc) is 1.21. The summed E-state index contributed by atoms with van der Waals surface area (Å²) in [6.07, 6.45) is 13.4. The van der Waals surface area contributed by atoms with Gasteiger partial charge in [0, 0.05) is 158 Å². The number of nitriles is 1. The Balaban J connectivity index is 0.000000108. The molecule has 149 heavy (non-hydrogen) atoms. The van der Waals surface area contributed by atoms with Crippen LogP contribution in [0.1, 0.15) is 30.5 Å². The zero-order valence-electron chi connectivity index (χ0n) is 80.9. The van der Waals surface area contributed by atoms with Gasteiger partial charge in [0.25, 0.3) is 0 Å². The van der Waals surface area contributed by atoms with Crippen LogP contribution in [-0.4, -0.2) is 54.8 Å². The van der Waals surface area contributed by atoms with E-state index < -0.39 is 0 Å². The summed E-state index contributed by atoms with van der Waals surface area (Å²) in [6, 6.07) is 153. The molecule has 0 N–H and O–H groups in total. The zero-order valence-corrected chi connectivity index (χ0v) is 80.9. The number of hydrogen-bond acceptors (Lipinski definition) is 12. The topological polar surface area (TPSA) is 166 Å². The van der Waals surface area contributed by atoms with Crippen molar-refractivity contribution >= 4 is 162 Å². The highest BCUT2D eigenvalue weighted by molar-refractivity contribution is 6.36. The molecule has 0 radical (unpaired) electrons. The first kappa shape index (κ1) is 86.8. The highest BCUT2D eigenvalue weighted by Gasteiger charge is 2.37. The minimum atomic E-state index is -0.213. The fourth-order valence-corrected chi connectivity index (χ4v) is 22.9. The molecule has 12 heteroatoms. The molecule has 0 unspecified atom stereocenters. The Hall–Kier alpha value is -20.0. The van der Waals surface area contributed by atoms with Crippen LogP contribution in [0.2, 0.25) is 0 Å². The minimum absolute atomic E-state index is 0.213. The normalized spacial score (nSPS) is 12.1. The molecule has 1 aliphatic rings. The number of hydrogen-bond donors (Lipinski definition) is 0. The fourth-order valence-electron chi connectivity index (χ4n) is 22.9. The smallest absolute Gasteiger partial charge is 0.164 e. The Morgan fingerprint density at radius 2 is 0.483 bits per heavy atom. The predicted molar refractivity (Wildman–Crippen MR) is 614 cm³/mol. The Morgan fingerprint density at radius 3 is 0.879 bits per heavy atom. The van der Waals surface area contributed by atoms with Crippen LogP contribution in [-0.2, 0) is 5.41 Å². The van der Waals surface area contributed by atoms with Gasteiger partial charge in [-0.25, -0.2) is 29.9 Å². The van der Waals surface area contributed by atoms with Gasteiger partial charge >= 0.3 is 0 Å². The number of benzene rings is 20. The van der Waals surface area contributed by atoms with Crippen molar-refractivity contribution in [3.8, 4) is 130 Å². The van der Waals surface area contributed by atoms with Crippen LogP contribution in [0, 0.1) is 11.3 Å². The van der Waals surface area contributed by atoms with Gasteiger partial charge in [0.1, 0.15) is 0 Å². The standard InChI is InChI=1S/C46H28N4.C46H29N3.C45H27N5/c1-2-12-37-33(9-1)28-49-46-42(37)44(50-45-41-16-6-4-14-39(41)38-13-3-5-15-40(38)43(45)46)30-19-17-29(18-20-30)34-23-35(31-10-7-21-47-26-31)25-36(24-34)32-11-8-22-48-27-32;1-46(2)39-22-27(25-47)18-20-35(39)36-21-19-29(24-40(36)46)28-11-9-12-30(23-28)43-41-32-13-4-3-10-31(32)26-48-45(41)42-37-16-7-5-14-33(37)34-15-6-8-17-38(34)44(42)49-43;1-3-13-29(14-4-1)43-48-44(30-15-5-2-6-16-30)50-45(49-43)31-25-23-28(24-26-31)40-38-33-18-8-7-17-32(33)27-46-42(38)39-36-21-11-9-19-34(36)35-20-10-12-22-37(35)41(39)47-40/h1-28H;3-24,26H,1-2H3;1-27H. The second kappa shape index (κ2) is 35.5. The van der Waals surface area contributed by atoms with Crippen LogP contribution in [0.5, 0.6) is 0 Å². The highest BCUT2D eigenvalue weighted by atomic mass is 15.0. The molecular formula is C137H84N12. The number of pyridine rings is 8. The number of aromatic nitrogens is 11. The molecule has 1 aliphatic carbocycles. The second-order valence-corrected chi connectivity index (χ2v) is 38.8. The van der Waals surface area contributed by atoms with Gasteiger partial charge in [-0.2, -0.15) is 5.26 Å². The van der Waals surface area contributed by atoms with E-state index in [9.17, 15) is 5.26 Å². The fraction of sp³-hybridized carbons (Fsp3) is 0.0219. The molecule has 0 saturated heterocycles. The molecule has 0 aliphatic heterocycles. The maximum Gasteiger partial charge on any atom is 0.164 e. The maximum atomic E-state index is 9.59. The first-order valence-corrected chi connectivity index (χ1v) is 50.2. The van der Waals surface area contributed by atoms with Crippen LogP contribution in [0.4, 0.5) is 0 Å². The number of rotatable bonds is 10. The van der Waals surface area contributed by atoms with Gasteiger partial charge in [-0.3, -0.25) is 24.9 Å². The summed E-state index contributed by atoms with van der Waals surface area (Å²) >= 11 is 0. The summed E-state index contributed by atoms with van der Waals surface area (Å²) < 4.78 is 0. The molecule has 30 rings (SSSR count). The molecule has 12 nitrogen and oxygen atoms in total. The van der Waals surface area contributed by atoms with Gasteiger partial charge in [0.2, 0.25) is 0 Å². The van der Waals surface area contributed by atoms with E-state index in [2.05, 4.69) is 382 Å². The molecule has 0 bridgehead atoms. The first-order valence-electron chi connectivity index (χ1n) is 50.2. The quantitative estimate of drug-likeness (QED) is 0.119. The van der Waals surface area contributed by atoms with Crippen molar-refractivity contribution in [2.75, 3.05) is 0 Å². The van der Waals surface area contributed by atoms with Crippen molar-refractivity contribution in [1.29, 1.82) is 5.26 Å². The third-order valence-corrected chi connectivity index (χ3v) is 30.0. The Bertz CT molecular complexity index is 10100. The van der Waals surface area contributed by atoms with Crippen LogP contribution in [0.25, 0.3) is 286 Å². The van der Waals surface area contributed by atoms with Gasteiger partial charge in [-0.1, -0.05) is 390 Å². The van der Waals surface area contributed by atoms with E-state index in [-0.39, 0.29) is 5.41 Å². The van der Waals surface area contributed by atoms with E-state index in [1.165, 1.54) is 65.3 Å². The average molecular weight is 1900 g/mol. The van der Waals surface area contributed by atoms with Crippen LogP contribution in [0.3, 0.4) is 0 Å². The number of fused-ring (bicyclic) bond motifs is 33. The van der Waals surface area contributed by atoms with E-state index in [1.54, 1.807) is 0 Å². The second-order valence-electron chi connectivity index (χ2n) is 38.8. The molecule has 692 valence electrons. The van der Waals surface area contributed by atoms with Gasteiger partial charge < -0.3 is 0 Å². The molecule has 0 atom stereocenters. The van der Waals surface area contributed by atoms with Gasteiger partial charge in [0.05, 0.1) is 61.8 Å². The van der Waals surface area contributed by atoms with Crippen molar-refractivity contribution in [1.82, 2.24) is 54.8 Å². The monoisotopic (exact) mass is 1900 g/mol. The van der Waals surface area contributed by atoms with E-state index in [0.29, 0.717) is 23.0 Å². The summed E-state index contributed by atoms with van der Waals surface area (Å²) in [6.45, 7) is 4.52. The van der Waals surface area contributed by atoms with E-state index in [1.807, 2.05) is 122 Å². The molecule has 0 amide bonds. The SMILES string of the molecule is CC1(C)c2cc(C#N)ccc2-c2ccc(-c3cccc(-c4nc5c6ccccc6c6ccccc6c5c5ncc6ccccc6c45)c3)cc21.c1ccc(-c2nc(-c3ccccc3)nc(-c3ccc(-c4nc5c6ccccc6c6ccccc6c5c5ncc6ccccc6c45)cc3)n2)cc1.c1cncc(-c2cc(-c3ccc(-c4nc5c6ccccc6c6ccccc6c5c5ncc6ccccc6c45)cc3)cc(-c3cccnc3)c2)c1. The minimum Gasteiger partial charge on any atom is -0.264 e.